The van der Waals surface area contributed by atoms with Crippen molar-refractivity contribution in [3.8, 4) is 0 Å². The summed E-state index contributed by atoms with van der Waals surface area (Å²) in [6, 6.07) is 3.83. The molecule has 0 spiro atoms. The van der Waals surface area contributed by atoms with Crippen molar-refractivity contribution >= 4 is 0 Å². The van der Waals surface area contributed by atoms with E-state index in [-0.39, 0.29) is 12.1 Å². The van der Waals surface area contributed by atoms with Gasteiger partial charge < -0.3 is 10.5 Å². The zero-order valence-electron chi connectivity index (χ0n) is 11.1. The number of rotatable bonds is 5. The first-order chi connectivity index (χ1) is 9.11. The van der Waals surface area contributed by atoms with Gasteiger partial charge in [0, 0.05) is 25.7 Å². The summed E-state index contributed by atoms with van der Waals surface area (Å²) in [5, 5.41) is 0. The Bertz CT molecular complexity index is 422. The van der Waals surface area contributed by atoms with Crippen molar-refractivity contribution in [1.29, 1.82) is 0 Å². The Morgan fingerprint density at radius 2 is 2.21 bits per heavy atom. The molecule has 1 heterocycles. The van der Waals surface area contributed by atoms with Crippen LogP contribution in [0, 0.1) is 11.6 Å². The van der Waals surface area contributed by atoms with Gasteiger partial charge in [0.2, 0.25) is 0 Å². The Hall–Kier alpha value is -1.04. The molecule has 106 valence electrons. The van der Waals surface area contributed by atoms with Crippen LogP contribution < -0.4 is 5.73 Å². The number of halogens is 2. The van der Waals surface area contributed by atoms with Gasteiger partial charge >= 0.3 is 0 Å². The van der Waals surface area contributed by atoms with E-state index < -0.39 is 11.6 Å². The molecule has 19 heavy (non-hydrogen) atoms. The van der Waals surface area contributed by atoms with Crippen LogP contribution >= 0.6 is 0 Å². The summed E-state index contributed by atoms with van der Waals surface area (Å²) in [4.78, 5) is 2.04. The molecule has 5 heteroatoms. The Kier molecular flexibility index (Phi) is 4.85. The summed E-state index contributed by atoms with van der Waals surface area (Å²) in [6.07, 6.45) is 2.33. The molecular formula is C14H20F2N2O. The third-order valence-corrected chi connectivity index (χ3v) is 3.60. The normalized spacial score (nSPS) is 21.0. The lowest BCUT2D eigenvalue weighted by Crippen LogP contribution is -2.36. The van der Waals surface area contributed by atoms with Crippen LogP contribution in [0.3, 0.4) is 0 Å². The van der Waals surface area contributed by atoms with E-state index in [0.717, 1.165) is 32.1 Å². The van der Waals surface area contributed by atoms with Crippen LogP contribution in [0.4, 0.5) is 8.78 Å². The lowest BCUT2D eigenvalue weighted by Gasteiger charge is -2.29. The molecule has 0 aliphatic carbocycles. The minimum Gasteiger partial charge on any atom is -0.377 e. The molecular weight excluding hydrogens is 250 g/mol. The van der Waals surface area contributed by atoms with Crippen LogP contribution in [-0.4, -0.2) is 37.7 Å². The molecule has 2 rings (SSSR count). The van der Waals surface area contributed by atoms with Crippen LogP contribution in [0.2, 0.25) is 0 Å². The Morgan fingerprint density at radius 1 is 1.42 bits per heavy atom. The van der Waals surface area contributed by atoms with Crippen molar-refractivity contribution in [2.45, 2.75) is 25.0 Å². The van der Waals surface area contributed by atoms with Crippen molar-refractivity contribution in [3.63, 3.8) is 0 Å². The Labute approximate surface area is 112 Å². The van der Waals surface area contributed by atoms with Gasteiger partial charge in [0.1, 0.15) is 0 Å². The van der Waals surface area contributed by atoms with Crippen LogP contribution in [0.25, 0.3) is 0 Å². The minimum atomic E-state index is -0.832. The predicted octanol–water partition coefficient (Wildman–Crippen LogP) is 2.08. The van der Waals surface area contributed by atoms with Gasteiger partial charge in [-0.3, -0.25) is 4.90 Å². The summed E-state index contributed by atoms with van der Waals surface area (Å²) in [5.41, 5.74) is 6.47. The number of hydrogen-bond acceptors (Lipinski definition) is 3. The van der Waals surface area contributed by atoms with Gasteiger partial charge in [-0.1, -0.05) is 6.07 Å². The maximum atomic E-state index is 13.3. The lowest BCUT2D eigenvalue weighted by atomic mass is 10.0. The molecule has 2 atom stereocenters. The molecule has 2 N–H and O–H groups in total. The number of nitrogens with zero attached hydrogens (tertiary/aromatic N) is 1. The van der Waals surface area contributed by atoms with Crippen LogP contribution in [0.15, 0.2) is 18.2 Å². The van der Waals surface area contributed by atoms with Gasteiger partial charge in [-0.05, 0) is 37.6 Å². The molecule has 1 aromatic carbocycles. The maximum absolute atomic E-state index is 13.3. The van der Waals surface area contributed by atoms with Crippen molar-refractivity contribution < 1.29 is 13.5 Å². The van der Waals surface area contributed by atoms with Gasteiger partial charge in [0.25, 0.3) is 0 Å². The maximum Gasteiger partial charge on any atom is 0.159 e. The first-order valence-corrected chi connectivity index (χ1v) is 6.58. The summed E-state index contributed by atoms with van der Waals surface area (Å²) in [6.45, 7) is 1.91. The molecule has 1 saturated heterocycles. The van der Waals surface area contributed by atoms with Gasteiger partial charge in [-0.25, -0.2) is 8.78 Å². The van der Waals surface area contributed by atoms with E-state index in [1.54, 1.807) is 6.07 Å². The predicted molar refractivity (Wildman–Crippen MR) is 69.8 cm³/mol. The molecule has 1 aliphatic rings. The van der Waals surface area contributed by atoms with Crippen molar-refractivity contribution in [2.24, 2.45) is 5.73 Å². The summed E-state index contributed by atoms with van der Waals surface area (Å²) < 4.78 is 31.8. The van der Waals surface area contributed by atoms with Gasteiger partial charge in [-0.2, -0.15) is 0 Å². The average Bonchev–Trinajstić information content (AvgIpc) is 2.87. The topological polar surface area (TPSA) is 38.5 Å². The molecule has 0 aromatic heterocycles. The van der Waals surface area contributed by atoms with E-state index in [1.807, 2.05) is 11.9 Å². The summed E-state index contributed by atoms with van der Waals surface area (Å²) >= 11 is 0. The highest BCUT2D eigenvalue weighted by atomic mass is 19.2. The molecule has 1 aromatic rings. The number of ether oxygens (including phenoxy) is 1. The van der Waals surface area contributed by atoms with Crippen LogP contribution in [-0.2, 0) is 4.74 Å². The molecule has 2 unspecified atom stereocenters. The average molecular weight is 270 g/mol. The van der Waals surface area contributed by atoms with E-state index in [1.165, 1.54) is 6.07 Å². The summed E-state index contributed by atoms with van der Waals surface area (Å²) in [7, 11) is 1.93. The second-order valence-corrected chi connectivity index (χ2v) is 5.00. The molecule has 1 fully saturated rings. The molecule has 3 nitrogen and oxygen atoms in total. The first-order valence-electron chi connectivity index (χ1n) is 6.58. The third-order valence-electron chi connectivity index (χ3n) is 3.60. The number of nitrogens with two attached hydrogens (primary N) is 1. The SMILES string of the molecule is CN(CC1CCCO1)C(CN)c1ccc(F)c(F)c1. The largest absolute Gasteiger partial charge is 0.377 e. The van der Waals surface area contributed by atoms with E-state index >= 15 is 0 Å². The first kappa shape index (κ1) is 14.4. The minimum absolute atomic E-state index is 0.126. The quantitative estimate of drug-likeness (QED) is 0.890. The Morgan fingerprint density at radius 3 is 2.79 bits per heavy atom. The van der Waals surface area contributed by atoms with Crippen molar-refractivity contribution in [2.75, 3.05) is 26.7 Å². The van der Waals surface area contributed by atoms with E-state index in [9.17, 15) is 8.78 Å². The molecule has 0 amide bonds. The highest BCUT2D eigenvalue weighted by Crippen LogP contribution is 2.22. The summed E-state index contributed by atoms with van der Waals surface area (Å²) in [5.74, 6) is -1.66. The zero-order chi connectivity index (χ0) is 13.8. The fraction of sp³-hybridized carbons (Fsp3) is 0.571. The van der Waals surface area contributed by atoms with E-state index in [2.05, 4.69) is 0 Å². The van der Waals surface area contributed by atoms with Crippen molar-refractivity contribution in [1.82, 2.24) is 4.90 Å². The molecule has 0 radical (unpaired) electrons. The van der Waals surface area contributed by atoms with Crippen molar-refractivity contribution in [3.05, 3.63) is 35.4 Å². The van der Waals surface area contributed by atoms with Gasteiger partial charge in [0.05, 0.1) is 6.10 Å². The standard InChI is InChI=1S/C14H20F2N2O/c1-18(9-11-3-2-6-19-11)14(8-17)10-4-5-12(15)13(16)7-10/h4-5,7,11,14H,2-3,6,8-9,17H2,1H3. The van der Waals surface area contributed by atoms with E-state index in [4.69, 9.17) is 10.5 Å². The highest BCUT2D eigenvalue weighted by molar-refractivity contribution is 5.21. The number of benzene rings is 1. The Balaban J connectivity index is 2.06. The highest BCUT2D eigenvalue weighted by Gasteiger charge is 2.23. The monoisotopic (exact) mass is 270 g/mol. The van der Waals surface area contributed by atoms with E-state index in [0.29, 0.717) is 12.1 Å². The van der Waals surface area contributed by atoms with Crippen LogP contribution in [0.1, 0.15) is 24.4 Å². The van der Waals surface area contributed by atoms with Gasteiger partial charge in [0.15, 0.2) is 11.6 Å². The number of likely N-dealkylation sites (N-methyl/N-ethyl adjacent to an activating group) is 1. The smallest absolute Gasteiger partial charge is 0.159 e. The number of hydrogen-bond donors (Lipinski definition) is 1. The lowest BCUT2D eigenvalue weighted by molar-refractivity contribution is 0.0689. The zero-order valence-corrected chi connectivity index (χ0v) is 11.1. The fourth-order valence-electron chi connectivity index (χ4n) is 2.53. The molecule has 1 aliphatic heterocycles. The van der Waals surface area contributed by atoms with Gasteiger partial charge in [-0.15, -0.1) is 0 Å². The van der Waals surface area contributed by atoms with Crippen LogP contribution in [0.5, 0.6) is 0 Å². The third kappa shape index (κ3) is 3.49. The second kappa shape index (κ2) is 6.41. The molecule has 0 saturated carbocycles. The molecule has 0 bridgehead atoms. The fourth-order valence-corrected chi connectivity index (χ4v) is 2.53. The second-order valence-electron chi connectivity index (χ2n) is 5.00.